The molecule has 0 N–H and O–H groups in total. The van der Waals surface area contributed by atoms with E-state index in [0.717, 1.165) is 58.3 Å². The van der Waals surface area contributed by atoms with E-state index in [9.17, 15) is 14.4 Å². The van der Waals surface area contributed by atoms with E-state index in [0.29, 0.717) is 24.5 Å². The molecule has 3 aromatic rings. The van der Waals surface area contributed by atoms with Crippen molar-refractivity contribution < 1.29 is 9.59 Å². The lowest BCUT2D eigenvalue weighted by Gasteiger charge is -2.16. The van der Waals surface area contributed by atoms with E-state index < -0.39 is 0 Å². The number of benzene rings is 1. The largest absolute Gasteiger partial charge is 0.282 e. The van der Waals surface area contributed by atoms with Crippen LogP contribution in [0.2, 0.25) is 0 Å². The maximum atomic E-state index is 13.8. The van der Waals surface area contributed by atoms with Crippen molar-refractivity contribution in [3.05, 3.63) is 50.1 Å². The quantitative estimate of drug-likeness (QED) is 0.425. The second-order valence-corrected chi connectivity index (χ2v) is 10.6. The molecule has 2 aromatic heterocycles. The van der Waals surface area contributed by atoms with Gasteiger partial charge in [0.2, 0.25) is 11.8 Å². The predicted molar refractivity (Wildman–Crippen MR) is 128 cm³/mol. The Kier molecular flexibility index (Phi) is 5.67. The summed E-state index contributed by atoms with van der Waals surface area (Å²) in [6.45, 7) is 4.55. The topological polar surface area (TPSA) is 72.3 Å². The fourth-order valence-corrected chi connectivity index (χ4v) is 6.68. The number of carbonyl (C=O) groups excluding carboxylic acids is 2. The van der Waals surface area contributed by atoms with Gasteiger partial charge in [0.1, 0.15) is 4.83 Å². The Morgan fingerprint density at radius 3 is 2.66 bits per heavy atom. The van der Waals surface area contributed by atoms with E-state index in [1.54, 1.807) is 15.9 Å². The Morgan fingerprint density at radius 2 is 1.91 bits per heavy atom. The van der Waals surface area contributed by atoms with Gasteiger partial charge in [0.15, 0.2) is 5.16 Å². The number of aryl methyl sites for hydroxylation is 4. The van der Waals surface area contributed by atoms with Crippen LogP contribution in [0.3, 0.4) is 0 Å². The van der Waals surface area contributed by atoms with Crippen LogP contribution < -0.4 is 5.56 Å². The fraction of sp³-hybridized carbons (Fsp3) is 0.417. The van der Waals surface area contributed by atoms with E-state index in [1.807, 2.05) is 32.0 Å². The number of imide groups is 1. The standard InChI is InChI=1S/C24H25N3O3S2/c1-14-9-10-16(12-15(14)2)27-23(30)21-17-6-3-4-7-18(17)32-22(21)25-24(27)31-13-20(29)26-11-5-8-19(26)28/h9-10,12H,3-8,11,13H2,1-2H3. The van der Waals surface area contributed by atoms with Crippen molar-refractivity contribution in [2.24, 2.45) is 0 Å². The third-order valence-electron chi connectivity index (χ3n) is 6.41. The van der Waals surface area contributed by atoms with Gasteiger partial charge in [-0.05, 0) is 74.8 Å². The summed E-state index contributed by atoms with van der Waals surface area (Å²) in [5.74, 6) is -0.250. The van der Waals surface area contributed by atoms with Gasteiger partial charge in [-0.2, -0.15) is 0 Å². The van der Waals surface area contributed by atoms with Crippen molar-refractivity contribution in [1.29, 1.82) is 0 Å². The maximum absolute atomic E-state index is 13.8. The van der Waals surface area contributed by atoms with Crippen LogP contribution in [0.25, 0.3) is 15.9 Å². The number of fused-ring (bicyclic) bond motifs is 3. The van der Waals surface area contributed by atoms with E-state index in [-0.39, 0.29) is 23.1 Å². The van der Waals surface area contributed by atoms with Crippen molar-refractivity contribution in [1.82, 2.24) is 14.5 Å². The molecule has 0 radical (unpaired) electrons. The van der Waals surface area contributed by atoms with Crippen LogP contribution in [0.5, 0.6) is 0 Å². The predicted octanol–water partition coefficient (Wildman–Crippen LogP) is 4.18. The molecule has 2 aliphatic rings. The number of thiophene rings is 1. The van der Waals surface area contributed by atoms with Crippen LogP contribution in [-0.2, 0) is 22.4 Å². The molecule has 0 spiro atoms. The molecule has 1 aliphatic carbocycles. The summed E-state index contributed by atoms with van der Waals surface area (Å²) < 4.78 is 1.65. The Morgan fingerprint density at radius 1 is 1.09 bits per heavy atom. The number of aromatic nitrogens is 2. The summed E-state index contributed by atoms with van der Waals surface area (Å²) in [4.78, 5) is 46.6. The molecule has 3 heterocycles. The first-order valence-corrected chi connectivity index (χ1v) is 12.8. The summed E-state index contributed by atoms with van der Waals surface area (Å²) in [5, 5.41) is 1.23. The molecule has 1 fully saturated rings. The minimum Gasteiger partial charge on any atom is -0.282 e. The zero-order valence-corrected chi connectivity index (χ0v) is 19.9. The van der Waals surface area contributed by atoms with Gasteiger partial charge in [0, 0.05) is 17.8 Å². The van der Waals surface area contributed by atoms with Crippen molar-refractivity contribution >= 4 is 45.1 Å². The molecule has 1 saturated heterocycles. The van der Waals surface area contributed by atoms with Crippen molar-refractivity contribution in [2.45, 2.75) is 57.5 Å². The normalized spacial score (nSPS) is 16.1. The van der Waals surface area contributed by atoms with Gasteiger partial charge in [-0.15, -0.1) is 11.3 Å². The lowest BCUT2D eigenvalue weighted by atomic mass is 9.97. The first kappa shape index (κ1) is 21.4. The first-order valence-electron chi connectivity index (χ1n) is 11.0. The summed E-state index contributed by atoms with van der Waals surface area (Å²) >= 11 is 2.85. The molecular formula is C24H25N3O3S2. The van der Waals surface area contributed by atoms with Gasteiger partial charge in [-0.1, -0.05) is 17.8 Å². The van der Waals surface area contributed by atoms with Gasteiger partial charge in [0.05, 0.1) is 16.8 Å². The highest BCUT2D eigenvalue weighted by molar-refractivity contribution is 7.99. The van der Waals surface area contributed by atoms with E-state index in [2.05, 4.69) is 0 Å². The van der Waals surface area contributed by atoms with Gasteiger partial charge < -0.3 is 0 Å². The number of likely N-dealkylation sites (tertiary alicyclic amines) is 1. The minimum atomic E-state index is -0.219. The average molecular weight is 468 g/mol. The van der Waals surface area contributed by atoms with Crippen molar-refractivity contribution in [2.75, 3.05) is 12.3 Å². The molecule has 6 nitrogen and oxygen atoms in total. The molecule has 166 valence electrons. The molecule has 5 rings (SSSR count). The van der Waals surface area contributed by atoms with Crippen LogP contribution >= 0.6 is 23.1 Å². The Bertz CT molecular complexity index is 1310. The zero-order valence-electron chi connectivity index (χ0n) is 18.3. The number of hydrogen-bond acceptors (Lipinski definition) is 6. The van der Waals surface area contributed by atoms with Gasteiger partial charge >= 0.3 is 0 Å². The molecule has 0 unspecified atom stereocenters. The minimum absolute atomic E-state index is 0.0650. The summed E-state index contributed by atoms with van der Waals surface area (Å²) in [6, 6.07) is 5.94. The van der Waals surface area contributed by atoms with Crippen molar-refractivity contribution in [3.8, 4) is 5.69 Å². The SMILES string of the molecule is Cc1ccc(-n2c(SCC(=O)N3CCCC3=O)nc3sc4c(c3c2=O)CCCC4)cc1C. The molecule has 1 aliphatic heterocycles. The third-order valence-corrected chi connectivity index (χ3v) is 8.52. The van der Waals surface area contributed by atoms with E-state index >= 15 is 0 Å². The molecular weight excluding hydrogens is 442 g/mol. The average Bonchev–Trinajstić information content (AvgIpc) is 3.37. The second kappa shape index (κ2) is 8.48. The molecule has 0 bridgehead atoms. The van der Waals surface area contributed by atoms with Crippen LogP contribution in [0.1, 0.15) is 47.3 Å². The van der Waals surface area contributed by atoms with Gasteiger partial charge in [-0.3, -0.25) is 23.9 Å². The maximum Gasteiger partial charge on any atom is 0.267 e. The molecule has 0 saturated carbocycles. The summed E-state index contributed by atoms with van der Waals surface area (Å²) in [5.41, 5.74) is 4.10. The number of carbonyl (C=O) groups is 2. The molecule has 2 amide bonds. The number of amides is 2. The fourth-order valence-electron chi connectivity index (χ4n) is 4.49. The second-order valence-electron chi connectivity index (χ2n) is 8.53. The Hall–Kier alpha value is -2.45. The van der Waals surface area contributed by atoms with Crippen LogP contribution in [0, 0.1) is 13.8 Å². The first-order chi connectivity index (χ1) is 15.4. The lowest BCUT2D eigenvalue weighted by molar-refractivity contribution is -0.140. The Labute approximate surface area is 194 Å². The lowest BCUT2D eigenvalue weighted by Crippen LogP contribution is -2.33. The highest BCUT2D eigenvalue weighted by Crippen LogP contribution is 2.35. The highest BCUT2D eigenvalue weighted by atomic mass is 32.2. The number of hydrogen-bond donors (Lipinski definition) is 0. The Balaban J connectivity index is 1.61. The molecule has 32 heavy (non-hydrogen) atoms. The summed E-state index contributed by atoms with van der Waals surface area (Å²) in [6.07, 6.45) is 5.29. The monoisotopic (exact) mass is 467 g/mol. The third kappa shape index (κ3) is 3.69. The molecule has 8 heteroatoms. The van der Waals surface area contributed by atoms with Crippen molar-refractivity contribution in [3.63, 3.8) is 0 Å². The van der Waals surface area contributed by atoms with E-state index in [4.69, 9.17) is 4.98 Å². The van der Waals surface area contributed by atoms with Crippen LogP contribution in [0.4, 0.5) is 0 Å². The smallest absolute Gasteiger partial charge is 0.267 e. The van der Waals surface area contributed by atoms with Gasteiger partial charge in [-0.25, -0.2) is 4.98 Å². The zero-order chi connectivity index (χ0) is 22.4. The number of thioether (sulfide) groups is 1. The summed E-state index contributed by atoms with van der Waals surface area (Å²) in [7, 11) is 0. The number of rotatable bonds is 4. The number of nitrogens with zero attached hydrogens (tertiary/aromatic N) is 3. The van der Waals surface area contributed by atoms with E-state index in [1.165, 1.54) is 21.5 Å². The highest BCUT2D eigenvalue weighted by Gasteiger charge is 2.28. The molecule has 1 aromatic carbocycles. The van der Waals surface area contributed by atoms with Gasteiger partial charge in [0.25, 0.3) is 5.56 Å². The van der Waals surface area contributed by atoms with Crippen LogP contribution in [-0.4, -0.2) is 38.6 Å². The molecule has 0 atom stereocenters. The van der Waals surface area contributed by atoms with Crippen LogP contribution in [0.15, 0.2) is 28.2 Å².